The Hall–Kier alpha value is -1.84. The van der Waals surface area contributed by atoms with Crippen molar-refractivity contribution in [3.63, 3.8) is 0 Å². The molecule has 0 N–H and O–H groups in total. The largest absolute Gasteiger partial charge is 0.478 e. The maximum atomic E-state index is 5.45. The van der Waals surface area contributed by atoms with Crippen molar-refractivity contribution in [3.05, 3.63) is 30.7 Å². The lowest BCUT2D eigenvalue weighted by molar-refractivity contribution is 0.328. The Bertz CT molecular complexity index is 451. The van der Waals surface area contributed by atoms with Crippen molar-refractivity contribution >= 4 is 0 Å². The summed E-state index contributed by atoms with van der Waals surface area (Å²) in [7, 11) is 1.89. The molecule has 0 aliphatic heterocycles. The highest BCUT2D eigenvalue weighted by atomic mass is 16.5. The molecule has 0 saturated heterocycles. The Balaban J connectivity index is 2.42. The molecule has 4 heteroatoms. The summed E-state index contributed by atoms with van der Waals surface area (Å²) < 4.78 is 7.21. The van der Waals surface area contributed by atoms with E-state index in [-0.39, 0.29) is 0 Å². The van der Waals surface area contributed by atoms with Crippen molar-refractivity contribution in [1.29, 1.82) is 0 Å². The lowest BCUT2D eigenvalue weighted by Crippen LogP contribution is -1.95. The molecule has 0 bridgehead atoms. The summed E-state index contributed by atoms with van der Waals surface area (Å²) in [6.07, 6.45) is 5.48. The first-order valence-electron chi connectivity index (χ1n) is 4.88. The fourth-order valence-electron chi connectivity index (χ4n) is 1.42. The van der Waals surface area contributed by atoms with Crippen molar-refractivity contribution in [2.24, 2.45) is 7.05 Å². The van der Waals surface area contributed by atoms with Gasteiger partial charge in [-0.25, -0.2) is 4.98 Å². The van der Waals surface area contributed by atoms with E-state index in [1.165, 1.54) is 0 Å². The molecule has 0 aromatic carbocycles. The van der Waals surface area contributed by atoms with Crippen LogP contribution in [-0.4, -0.2) is 21.4 Å². The Kier molecular flexibility index (Phi) is 2.67. The smallest absolute Gasteiger partial charge is 0.221 e. The van der Waals surface area contributed by atoms with Gasteiger partial charge >= 0.3 is 0 Å². The normalized spacial score (nSPS) is 10.3. The maximum Gasteiger partial charge on any atom is 0.221 e. The zero-order valence-corrected chi connectivity index (χ0v) is 8.84. The first kappa shape index (κ1) is 9.71. The van der Waals surface area contributed by atoms with Gasteiger partial charge in [0.15, 0.2) is 0 Å². The van der Waals surface area contributed by atoms with E-state index in [1.54, 1.807) is 17.1 Å². The number of pyridine rings is 1. The standard InChI is InChI=1S/C11H13N3O/c1-3-15-11-10(5-4-6-12-11)9-7-13-14(2)8-9/h4-8H,3H2,1-2H3. The molecule has 0 aliphatic rings. The summed E-state index contributed by atoms with van der Waals surface area (Å²) in [6.45, 7) is 2.56. The summed E-state index contributed by atoms with van der Waals surface area (Å²) in [5.41, 5.74) is 2.00. The SMILES string of the molecule is CCOc1ncccc1-c1cnn(C)c1. The minimum Gasteiger partial charge on any atom is -0.478 e. The number of nitrogens with zero attached hydrogens (tertiary/aromatic N) is 3. The topological polar surface area (TPSA) is 39.9 Å². The molecular formula is C11H13N3O. The predicted octanol–water partition coefficient (Wildman–Crippen LogP) is 1.88. The van der Waals surface area contributed by atoms with E-state index in [4.69, 9.17) is 4.74 Å². The van der Waals surface area contributed by atoms with Crippen LogP contribution in [0.5, 0.6) is 5.88 Å². The Morgan fingerprint density at radius 2 is 2.33 bits per heavy atom. The molecule has 0 unspecified atom stereocenters. The van der Waals surface area contributed by atoms with Crippen molar-refractivity contribution in [3.8, 4) is 17.0 Å². The van der Waals surface area contributed by atoms with Crippen LogP contribution >= 0.6 is 0 Å². The van der Waals surface area contributed by atoms with Gasteiger partial charge in [0.05, 0.1) is 12.8 Å². The second-order valence-electron chi connectivity index (χ2n) is 3.19. The molecule has 4 nitrogen and oxygen atoms in total. The average molecular weight is 203 g/mol. The van der Waals surface area contributed by atoms with Gasteiger partial charge < -0.3 is 4.74 Å². The molecule has 2 aromatic rings. The van der Waals surface area contributed by atoms with Crippen molar-refractivity contribution < 1.29 is 4.74 Å². The molecule has 78 valence electrons. The summed E-state index contributed by atoms with van der Waals surface area (Å²) in [6, 6.07) is 3.87. The van der Waals surface area contributed by atoms with Gasteiger partial charge in [-0.15, -0.1) is 0 Å². The molecule has 0 saturated carbocycles. The molecule has 2 rings (SSSR count). The quantitative estimate of drug-likeness (QED) is 0.764. The number of hydrogen-bond donors (Lipinski definition) is 0. The molecule has 0 aliphatic carbocycles. The third-order valence-electron chi connectivity index (χ3n) is 2.07. The zero-order chi connectivity index (χ0) is 10.7. The fraction of sp³-hybridized carbons (Fsp3) is 0.273. The fourth-order valence-corrected chi connectivity index (χ4v) is 1.42. The molecule has 2 aromatic heterocycles. The number of hydrogen-bond acceptors (Lipinski definition) is 3. The average Bonchev–Trinajstić information content (AvgIpc) is 2.66. The Morgan fingerprint density at radius 1 is 1.47 bits per heavy atom. The van der Waals surface area contributed by atoms with E-state index < -0.39 is 0 Å². The molecule has 2 heterocycles. The van der Waals surface area contributed by atoms with Crippen molar-refractivity contribution in [2.75, 3.05) is 6.61 Å². The van der Waals surface area contributed by atoms with Crippen LogP contribution in [0.1, 0.15) is 6.92 Å². The van der Waals surface area contributed by atoms with E-state index in [2.05, 4.69) is 10.1 Å². The molecule has 0 radical (unpaired) electrons. The number of aryl methyl sites for hydroxylation is 1. The van der Waals surface area contributed by atoms with Crippen molar-refractivity contribution in [2.45, 2.75) is 6.92 Å². The van der Waals surface area contributed by atoms with Gasteiger partial charge in [0.1, 0.15) is 0 Å². The number of ether oxygens (including phenoxy) is 1. The van der Waals surface area contributed by atoms with E-state index in [0.29, 0.717) is 12.5 Å². The highest BCUT2D eigenvalue weighted by molar-refractivity contribution is 5.66. The van der Waals surface area contributed by atoms with Crippen molar-refractivity contribution in [1.82, 2.24) is 14.8 Å². The first-order chi connectivity index (χ1) is 7.31. The summed E-state index contributed by atoms with van der Waals surface area (Å²) >= 11 is 0. The lowest BCUT2D eigenvalue weighted by Gasteiger charge is -2.06. The van der Waals surface area contributed by atoms with Gasteiger partial charge in [-0.2, -0.15) is 5.10 Å². The van der Waals surface area contributed by atoms with Gasteiger partial charge in [0, 0.05) is 30.6 Å². The van der Waals surface area contributed by atoms with Crippen LogP contribution in [0.15, 0.2) is 30.7 Å². The van der Waals surface area contributed by atoms with Crippen LogP contribution in [0.25, 0.3) is 11.1 Å². The molecular weight excluding hydrogens is 190 g/mol. The van der Waals surface area contributed by atoms with E-state index in [9.17, 15) is 0 Å². The van der Waals surface area contributed by atoms with Crippen LogP contribution in [-0.2, 0) is 7.05 Å². The van der Waals surface area contributed by atoms with Gasteiger partial charge in [-0.05, 0) is 19.1 Å². The molecule has 0 fully saturated rings. The molecule has 0 amide bonds. The van der Waals surface area contributed by atoms with Gasteiger partial charge in [-0.1, -0.05) is 0 Å². The van der Waals surface area contributed by atoms with Crippen LogP contribution in [0.4, 0.5) is 0 Å². The van der Waals surface area contributed by atoms with Crippen LogP contribution in [0.2, 0.25) is 0 Å². The van der Waals surface area contributed by atoms with E-state index in [0.717, 1.165) is 11.1 Å². The monoisotopic (exact) mass is 203 g/mol. The second-order valence-corrected chi connectivity index (χ2v) is 3.19. The molecule has 0 atom stereocenters. The van der Waals surface area contributed by atoms with Gasteiger partial charge in [0.2, 0.25) is 5.88 Å². The minimum atomic E-state index is 0.615. The Labute approximate surface area is 88.5 Å². The second kappa shape index (κ2) is 4.13. The third kappa shape index (κ3) is 1.98. The third-order valence-corrected chi connectivity index (χ3v) is 2.07. The lowest BCUT2D eigenvalue weighted by atomic mass is 10.1. The molecule has 15 heavy (non-hydrogen) atoms. The number of aromatic nitrogens is 3. The van der Waals surface area contributed by atoms with Crippen LogP contribution in [0, 0.1) is 0 Å². The van der Waals surface area contributed by atoms with Crippen LogP contribution < -0.4 is 4.74 Å². The Morgan fingerprint density at radius 3 is 3.00 bits per heavy atom. The van der Waals surface area contributed by atoms with Crippen LogP contribution in [0.3, 0.4) is 0 Å². The van der Waals surface area contributed by atoms with E-state index in [1.807, 2.05) is 32.3 Å². The minimum absolute atomic E-state index is 0.615. The predicted molar refractivity (Wildman–Crippen MR) is 57.6 cm³/mol. The highest BCUT2D eigenvalue weighted by Crippen LogP contribution is 2.26. The van der Waals surface area contributed by atoms with Gasteiger partial charge in [-0.3, -0.25) is 4.68 Å². The summed E-state index contributed by atoms with van der Waals surface area (Å²) in [4.78, 5) is 4.19. The summed E-state index contributed by atoms with van der Waals surface area (Å²) in [5.74, 6) is 0.660. The highest BCUT2D eigenvalue weighted by Gasteiger charge is 2.07. The molecule has 0 spiro atoms. The first-order valence-corrected chi connectivity index (χ1v) is 4.88. The number of rotatable bonds is 3. The summed E-state index contributed by atoms with van der Waals surface area (Å²) in [5, 5.41) is 4.13. The van der Waals surface area contributed by atoms with Gasteiger partial charge in [0.25, 0.3) is 0 Å². The zero-order valence-electron chi connectivity index (χ0n) is 8.84. The maximum absolute atomic E-state index is 5.45. The van der Waals surface area contributed by atoms with E-state index >= 15 is 0 Å².